The van der Waals surface area contributed by atoms with Crippen molar-refractivity contribution in [1.82, 2.24) is 25.3 Å². The van der Waals surface area contributed by atoms with Gasteiger partial charge in [0.25, 0.3) is 5.92 Å². The van der Waals surface area contributed by atoms with Gasteiger partial charge in [0.1, 0.15) is 6.04 Å². The predicted octanol–water partition coefficient (Wildman–Crippen LogP) is 4.07. The fourth-order valence-electron chi connectivity index (χ4n) is 6.09. The lowest BCUT2D eigenvalue weighted by Gasteiger charge is -2.42. The summed E-state index contributed by atoms with van der Waals surface area (Å²) in [4.78, 5) is 21.8. The van der Waals surface area contributed by atoms with Gasteiger partial charge in [-0.1, -0.05) is 12.1 Å². The number of halogens is 2. The number of hydrogen-bond donors (Lipinski definition) is 1. The number of likely N-dealkylation sites (tertiary alicyclic amines) is 2. The number of ether oxygens (including phenoxy) is 1. The summed E-state index contributed by atoms with van der Waals surface area (Å²) < 4.78 is 41.8. The van der Waals surface area contributed by atoms with Crippen LogP contribution >= 0.6 is 0 Å². The molecule has 1 N–H and O–H groups in total. The molecule has 2 aliphatic heterocycles. The molecule has 0 bridgehead atoms. The minimum absolute atomic E-state index is 0.0340. The van der Waals surface area contributed by atoms with Crippen LogP contribution in [0.2, 0.25) is 0 Å². The molecule has 0 aromatic carbocycles. The highest BCUT2D eigenvalue weighted by Gasteiger charge is 2.50. The minimum atomic E-state index is -2.97. The fourth-order valence-corrected chi connectivity index (χ4v) is 6.09. The normalized spacial score (nSPS) is 32.5. The molecule has 3 heterocycles. The van der Waals surface area contributed by atoms with Crippen LogP contribution in [0.25, 0.3) is 0 Å². The molecular formula is C26H39F2N5O3. The molecule has 10 heteroatoms. The van der Waals surface area contributed by atoms with E-state index in [0.29, 0.717) is 50.5 Å². The van der Waals surface area contributed by atoms with E-state index < -0.39 is 24.1 Å². The Balaban J connectivity index is 1.04. The van der Waals surface area contributed by atoms with Crippen molar-refractivity contribution >= 4 is 6.03 Å². The molecule has 3 atom stereocenters. The van der Waals surface area contributed by atoms with Crippen LogP contribution in [0, 0.1) is 5.92 Å². The van der Waals surface area contributed by atoms with Gasteiger partial charge in [-0.2, -0.15) is 4.98 Å². The highest BCUT2D eigenvalue weighted by molar-refractivity contribution is 5.75. The third kappa shape index (κ3) is 5.26. The average Bonchev–Trinajstić information content (AvgIpc) is 3.76. The van der Waals surface area contributed by atoms with Crippen molar-refractivity contribution in [2.24, 2.45) is 5.92 Å². The molecule has 3 aliphatic carbocycles. The van der Waals surface area contributed by atoms with Crippen molar-refractivity contribution in [1.29, 1.82) is 0 Å². The van der Waals surface area contributed by atoms with Crippen molar-refractivity contribution in [3.8, 4) is 0 Å². The Morgan fingerprint density at radius 3 is 2.61 bits per heavy atom. The maximum absolute atomic E-state index is 15.0. The average molecular weight is 508 g/mol. The number of carbonyl (C=O) groups excluding carboxylic acids is 1. The SMILES string of the molecule is CC1(c2noc(C3CC3)n2)CCN(C(=O)N[C@@H]2[C@@H](O[C@H]3CCN(CC4CC4)C3)CCCC2(F)F)CC1. The van der Waals surface area contributed by atoms with Crippen LogP contribution in [0.15, 0.2) is 4.52 Å². The number of piperidine rings is 1. The highest BCUT2D eigenvalue weighted by Crippen LogP contribution is 2.41. The standard InChI is InChI=1S/C26H39F2N5O3/c1-25(23-30-22(36-31-23)18-6-7-18)10-13-33(14-11-25)24(34)29-21-20(3-2-9-26(21,27)28)35-19-8-12-32(16-19)15-17-4-5-17/h17-21H,2-16H2,1H3,(H,29,34)/t19-,20-,21+/m0/s1. The Kier molecular flexibility index (Phi) is 6.47. The first-order valence-corrected chi connectivity index (χ1v) is 13.9. The molecule has 6 rings (SSSR count). The van der Waals surface area contributed by atoms with E-state index in [2.05, 4.69) is 27.3 Å². The molecule has 5 fully saturated rings. The van der Waals surface area contributed by atoms with E-state index in [1.165, 1.54) is 12.8 Å². The zero-order valence-electron chi connectivity index (χ0n) is 21.3. The van der Waals surface area contributed by atoms with Crippen molar-refractivity contribution in [2.75, 3.05) is 32.7 Å². The second-order valence-electron chi connectivity index (χ2n) is 12.1. The van der Waals surface area contributed by atoms with Crippen molar-refractivity contribution in [3.63, 3.8) is 0 Å². The lowest BCUT2D eigenvalue weighted by Crippen LogP contribution is -2.61. The van der Waals surface area contributed by atoms with Crippen LogP contribution in [0.5, 0.6) is 0 Å². The number of aromatic nitrogens is 2. The summed E-state index contributed by atoms with van der Waals surface area (Å²) in [7, 11) is 0. The quantitative estimate of drug-likeness (QED) is 0.599. The van der Waals surface area contributed by atoms with Crippen LogP contribution in [0.4, 0.5) is 13.6 Å². The fraction of sp³-hybridized carbons (Fsp3) is 0.885. The van der Waals surface area contributed by atoms with Crippen LogP contribution in [-0.4, -0.2) is 82.9 Å². The summed E-state index contributed by atoms with van der Waals surface area (Å²) in [6, 6.07) is -1.71. The van der Waals surface area contributed by atoms with E-state index in [0.717, 1.165) is 50.7 Å². The number of rotatable bonds is 7. The van der Waals surface area contributed by atoms with Gasteiger partial charge < -0.3 is 24.4 Å². The molecule has 0 unspecified atom stereocenters. The minimum Gasteiger partial charge on any atom is -0.371 e. The Morgan fingerprint density at radius 1 is 1.11 bits per heavy atom. The number of amides is 2. The molecular weight excluding hydrogens is 468 g/mol. The van der Waals surface area contributed by atoms with Gasteiger partial charge in [0.15, 0.2) is 5.82 Å². The zero-order valence-corrected chi connectivity index (χ0v) is 21.3. The van der Waals surface area contributed by atoms with Gasteiger partial charge in [-0.25, -0.2) is 13.6 Å². The highest BCUT2D eigenvalue weighted by atomic mass is 19.3. The number of nitrogens with zero attached hydrogens (tertiary/aromatic N) is 4. The first-order valence-electron chi connectivity index (χ1n) is 13.9. The van der Waals surface area contributed by atoms with Gasteiger partial charge in [-0.3, -0.25) is 0 Å². The van der Waals surface area contributed by atoms with Crippen molar-refractivity contribution in [3.05, 3.63) is 11.7 Å². The Bertz CT molecular complexity index is 942. The van der Waals surface area contributed by atoms with Crippen LogP contribution in [-0.2, 0) is 10.2 Å². The third-order valence-corrected chi connectivity index (χ3v) is 8.98. The maximum Gasteiger partial charge on any atom is 0.317 e. The molecule has 5 aliphatic rings. The predicted molar refractivity (Wildman–Crippen MR) is 128 cm³/mol. The van der Waals surface area contributed by atoms with Gasteiger partial charge in [-0.05, 0) is 63.7 Å². The van der Waals surface area contributed by atoms with E-state index in [9.17, 15) is 4.79 Å². The van der Waals surface area contributed by atoms with E-state index in [1.54, 1.807) is 4.90 Å². The number of nitrogens with one attached hydrogen (secondary N) is 1. The van der Waals surface area contributed by atoms with Gasteiger partial charge in [-0.15, -0.1) is 0 Å². The van der Waals surface area contributed by atoms with Crippen molar-refractivity contribution < 1.29 is 22.8 Å². The summed E-state index contributed by atoms with van der Waals surface area (Å²) in [5, 5.41) is 6.91. The molecule has 2 amide bonds. The monoisotopic (exact) mass is 507 g/mol. The summed E-state index contributed by atoms with van der Waals surface area (Å²) >= 11 is 0. The van der Waals surface area contributed by atoms with E-state index in [4.69, 9.17) is 9.26 Å². The smallest absolute Gasteiger partial charge is 0.317 e. The number of carbonyl (C=O) groups is 1. The molecule has 1 aromatic rings. The lowest BCUT2D eigenvalue weighted by molar-refractivity contribution is -0.138. The topological polar surface area (TPSA) is 83.7 Å². The molecule has 8 nitrogen and oxygen atoms in total. The first-order chi connectivity index (χ1) is 17.3. The molecule has 36 heavy (non-hydrogen) atoms. The second-order valence-corrected chi connectivity index (χ2v) is 12.1. The van der Waals surface area contributed by atoms with E-state index >= 15 is 8.78 Å². The van der Waals surface area contributed by atoms with Gasteiger partial charge >= 0.3 is 6.03 Å². The van der Waals surface area contributed by atoms with E-state index in [1.807, 2.05) is 0 Å². The Morgan fingerprint density at radius 2 is 1.89 bits per heavy atom. The summed E-state index contributed by atoms with van der Waals surface area (Å²) in [6.45, 7) is 5.91. The van der Waals surface area contributed by atoms with Crippen LogP contribution in [0.3, 0.4) is 0 Å². The van der Waals surface area contributed by atoms with E-state index in [-0.39, 0.29) is 17.9 Å². The number of alkyl halides is 2. The second kappa shape index (κ2) is 9.49. The van der Waals surface area contributed by atoms with Gasteiger partial charge in [0, 0.05) is 50.5 Å². The molecule has 0 radical (unpaired) electrons. The summed E-state index contributed by atoms with van der Waals surface area (Å²) in [6.07, 6.45) is 7.09. The largest absolute Gasteiger partial charge is 0.371 e. The van der Waals surface area contributed by atoms with Crippen LogP contribution < -0.4 is 5.32 Å². The van der Waals surface area contributed by atoms with Crippen LogP contribution in [0.1, 0.15) is 88.8 Å². The maximum atomic E-state index is 15.0. The lowest BCUT2D eigenvalue weighted by atomic mass is 9.79. The van der Waals surface area contributed by atoms with Gasteiger partial charge in [0.05, 0.1) is 12.2 Å². The van der Waals surface area contributed by atoms with Crippen molar-refractivity contribution in [2.45, 2.75) is 107 Å². The number of urea groups is 1. The van der Waals surface area contributed by atoms with Gasteiger partial charge in [0.2, 0.25) is 5.89 Å². The molecule has 1 aromatic heterocycles. The molecule has 3 saturated carbocycles. The Labute approximate surface area is 211 Å². The first kappa shape index (κ1) is 24.5. The zero-order chi connectivity index (χ0) is 24.9. The summed E-state index contributed by atoms with van der Waals surface area (Å²) in [5.41, 5.74) is -0.275. The summed E-state index contributed by atoms with van der Waals surface area (Å²) in [5.74, 6) is -0.349. The molecule has 2 saturated heterocycles. The Hall–Kier alpha value is -1.81. The third-order valence-electron chi connectivity index (χ3n) is 8.98. The number of hydrogen-bond acceptors (Lipinski definition) is 6. The molecule has 200 valence electrons. The molecule has 0 spiro atoms.